The molecule has 1 aliphatic heterocycles. The number of piperazine rings is 1. The molecule has 0 saturated carbocycles. The van der Waals surface area contributed by atoms with E-state index >= 15 is 0 Å². The van der Waals surface area contributed by atoms with E-state index in [2.05, 4.69) is 15.3 Å². The summed E-state index contributed by atoms with van der Waals surface area (Å²) in [6.45, 7) is 13.0. The zero-order chi connectivity index (χ0) is 29.8. The van der Waals surface area contributed by atoms with Gasteiger partial charge in [-0.2, -0.15) is 0 Å². The Morgan fingerprint density at radius 2 is 1.61 bits per heavy atom. The smallest absolute Gasteiger partial charge is 0.427 e. The molecule has 3 amide bonds. The number of furan rings is 1. The lowest BCUT2D eigenvalue weighted by Gasteiger charge is -2.36. The third-order valence-corrected chi connectivity index (χ3v) is 6.03. The van der Waals surface area contributed by atoms with Gasteiger partial charge in [0.15, 0.2) is 0 Å². The number of hydrogen-bond acceptors (Lipinski definition) is 8. The third-order valence-electron chi connectivity index (χ3n) is 6.03. The Bertz CT molecular complexity index is 1350. The van der Waals surface area contributed by atoms with Crippen LogP contribution < -0.4 is 15.3 Å². The van der Waals surface area contributed by atoms with Gasteiger partial charge in [-0.25, -0.2) is 25.0 Å². The van der Waals surface area contributed by atoms with E-state index in [9.17, 15) is 14.4 Å². The topological polar surface area (TPSA) is 117 Å². The maximum absolute atomic E-state index is 13.7. The molecule has 4 rings (SSSR count). The van der Waals surface area contributed by atoms with Crippen molar-refractivity contribution in [1.82, 2.24) is 15.3 Å². The summed E-state index contributed by atoms with van der Waals surface area (Å²) in [7, 11) is 0. The van der Waals surface area contributed by atoms with Crippen LogP contribution in [0.3, 0.4) is 0 Å². The Morgan fingerprint density at radius 3 is 2.20 bits per heavy atom. The molecule has 1 fully saturated rings. The minimum absolute atomic E-state index is 0.130. The van der Waals surface area contributed by atoms with Crippen LogP contribution in [-0.4, -0.2) is 65.4 Å². The van der Waals surface area contributed by atoms with E-state index < -0.39 is 23.2 Å². The molecule has 0 spiro atoms. The minimum atomic E-state index is -0.779. The largest absolute Gasteiger partial charge is 0.472 e. The molecule has 2 aromatic heterocycles. The fraction of sp³-hybridized carbons (Fsp3) is 0.400. The SMILES string of the molecule is CC(C)(C)OC(=O)NN(C(=O)c1ccc(N2CCN(C(=O)OC(C)(C)C)CC2)cn1)c1cccc(-c2ccoc2)c1. The van der Waals surface area contributed by atoms with Crippen molar-refractivity contribution in [3.63, 3.8) is 0 Å². The highest BCUT2D eigenvalue weighted by Crippen LogP contribution is 2.26. The number of carbonyl (C=O) groups is 3. The predicted molar refractivity (Wildman–Crippen MR) is 155 cm³/mol. The predicted octanol–water partition coefficient (Wildman–Crippen LogP) is 5.49. The lowest BCUT2D eigenvalue weighted by Crippen LogP contribution is -2.50. The van der Waals surface area contributed by atoms with Crippen molar-refractivity contribution in [2.24, 2.45) is 0 Å². The monoisotopic (exact) mass is 563 g/mol. The number of hydrazine groups is 1. The molecule has 3 aromatic rings. The number of nitrogens with one attached hydrogen (secondary N) is 1. The normalized spacial score (nSPS) is 13.9. The average Bonchev–Trinajstić information content (AvgIpc) is 3.45. The van der Waals surface area contributed by atoms with Crippen molar-refractivity contribution < 1.29 is 28.3 Å². The van der Waals surface area contributed by atoms with Gasteiger partial charge in [0.2, 0.25) is 0 Å². The van der Waals surface area contributed by atoms with Crippen molar-refractivity contribution in [2.45, 2.75) is 52.7 Å². The molecule has 11 nitrogen and oxygen atoms in total. The van der Waals surface area contributed by atoms with E-state index in [1.54, 1.807) is 80.8 Å². The highest BCUT2D eigenvalue weighted by Gasteiger charge is 2.28. The first-order valence-electron chi connectivity index (χ1n) is 13.4. The first kappa shape index (κ1) is 29.4. The molecular weight excluding hydrogens is 526 g/mol. The third kappa shape index (κ3) is 8.00. The molecule has 0 aliphatic carbocycles. The van der Waals surface area contributed by atoms with Gasteiger partial charge in [-0.15, -0.1) is 0 Å². The van der Waals surface area contributed by atoms with Crippen LogP contribution in [0.25, 0.3) is 11.1 Å². The number of nitrogens with zero attached hydrogens (tertiary/aromatic N) is 4. The van der Waals surface area contributed by atoms with E-state index in [0.717, 1.165) is 21.8 Å². The molecule has 0 atom stereocenters. The van der Waals surface area contributed by atoms with Crippen LogP contribution in [0, 0.1) is 0 Å². The second-order valence-electron chi connectivity index (χ2n) is 11.7. The van der Waals surface area contributed by atoms with Crippen LogP contribution >= 0.6 is 0 Å². The summed E-state index contributed by atoms with van der Waals surface area (Å²) < 4.78 is 16.1. The summed E-state index contributed by atoms with van der Waals surface area (Å²) in [5.41, 5.74) is 4.26. The van der Waals surface area contributed by atoms with Gasteiger partial charge in [0.05, 0.1) is 30.1 Å². The number of carbonyl (C=O) groups excluding carboxylic acids is 3. The van der Waals surface area contributed by atoms with E-state index in [1.807, 2.05) is 26.8 Å². The zero-order valence-electron chi connectivity index (χ0n) is 24.3. The highest BCUT2D eigenvalue weighted by molar-refractivity contribution is 6.06. The average molecular weight is 564 g/mol. The van der Waals surface area contributed by atoms with Crippen LogP contribution in [0.5, 0.6) is 0 Å². The van der Waals surface area contributed by atoms with E-state index in [-0.39, 0.29) is 11.8 Å². The number of amides is 3. The number of benzene rings is 1. The van der Waals surface area contributed by atoms with Crippen LogP contribution in [0.2, 0.25) is 0 Å². The molecule has 11 heteroatoms. The van der Waals surface area contributed by atoms with Crippen molar-refractivity contribution >= 4 is 29.5 Å². The van der Waals surface area contributed by atoms with Crippen LogP contribution in [0.15, 0.2) is 65.6 Å². The molecular formula is C30H37N5O6. The Kier molecular flexibility index (Phi) is 8.55. The molecule has 0 radical (unpaired) electrons. The van der Waals surface area contributed by atoms with Gasteiger partial charge in [0, 0.05) is 31.7 Å². The number of anilines is 2. The van der Waals surface area contributed by atoms with Crippen molar-refractivity contribution in [2.75, 3.05) is 36.1 Å². The highest BCUT2D eigenvalue weighted by atomic mass is 16.6. The molecule has 218 valence electrons. The molecule has 1 aromatic carbocycles. The number of aromatic nitrogens is 1. The maximum atomic E-state index is 13.7. The fourth-order valence-electron chi connectivity index (χ4n) is 4.17. The van der Waals surface area contributed by atoms with E-state index in [1.165, 1.54) is 0 Å². The Morgan fingerprint density at radius 1 is 0.902 bits per heavy atom. The molecule has 1 N–H and O–H groups in total. The maximum Gasteiger partial charge on any atom is 0.427 e. The Hall–Kier alpha value is -4.54. The van der Waals surface area contributed by atoms with Crippen molar-refractivity contribution in [3.8, 4) is 11.1 Å². The molecule has 1 saturated heterocycles. The second-order valence-corrected chi connectivity index (χ2v) is 11.7. The van der Waals surface area contributed by atoms with E-state index in [0.29, 0.717) is 31.9 Å². The van der Waals surface area contributed by atoms with Crippen molar-refractivity contribution in [1.29, 1.82) is 0 Å². The molecule has 0 unspecified atom stereocenters. The lowest BCUT2D eigenvalue weighted by molar-refractivity contribution is 0.0240. The first-order valence-corrected chi connectivity index (χ1v) is 13.4. The van der Waals surface area contributed by atoms with Crippen LogP contribution in [0.1, 0.15) is 52.0 Å². The fourth-order valence-corrected chi connectivity index (χ4v) is 4.17. The molecule has 3 heterocycles. The Labute approximate surface area is 240 Å². The first-order chi connectivity index (χ1) is 19.3. The van der Waals surface area contributed by atoms with Gasteiger partial charge in [0.1, 0.15) is 16.9 Å². The van der Waals surface area contributed by atoms with Crippen molar-refractivity contribution in [3.05, 3.63) is 66.9 Å². The summed E-state index contributed by atoms with van der Waals surface area (Å²) in [6.07, 6.45) is 3.67. The molecule has 0 bridgehead atoms. The summed E-state index contributed by atoms with van der Waals surface area (Å²) in [5, 5.41) is 1.12. The van der Waals surface area contributed by atoms with Gasteiger partial charge in [-0.05, 0) is 77.4 Å². The number of rotatable bonds is 4. The summed E-state index contributed by atoms with van der Waals surface area (Å²) in [5.74, 6) is -0.540. The van der Waals surface area contributed by atoms with Gasteiger partial charge in [-0.3, -0.25) is 4.79 Å². The minimum Gasteiger partial charge on any atom is -0.472 e. The van der Waals surface area contributed by atoms with Gasteiger partial charge < -0.3 is 23.7 Å². The lowest BCUT2D eigenvalue weighted by atomic mass is 10.1. The van der Waals surface area contributed by atoms with Gasteiger partial charge >= 0.3 is 12.2 Å². The number of ether oxygens (including phenoxy) is 2. The molecule has 41 heavy (non-hydrogen) atoms. The van der Waals surface area contributed by atoms with Crippen LogP contribution in [0.4, 0.5) is 21.0 Å². The van der Waals surface area contributed by atoms with Gasteiger partial charge in [0.25, 0.3) is 5.91 Å². The number of hydrogen-bond donors (Lipinski definition) is 1. The second kappa shape index (κ2) is 11.9. The zero-order valence-corrected chi connectivity index (χ0v) is 24.3. The summed E-state index contributed by atoms with van der Waals surface area (Å²) in [4.78, 5) is 46.9. The van der Waals surface area contributed by atoms with Gasteiger partial charge in [-0.1, -0.05) is 12.1 Å². The standard InChI is InChI=1S/C30H37N5O6/c1-29(2,3)40-27(37)32-35(23-9-7-8-21(18-23)22-12-17-39-20-22)26(36)25-11-10-24(19-31-25)33-13-15-34(16-14-33)28(38)41-30(4,5)6/h7-12,17-20H,13-16H2,1-6H3,(H,32,37). The quantitative estimate of drug-likeness (QED) is 0.415. The molecule has 1 aliphatic rings. The van der Waals surface area contributed by atoms with E-state index in [4.69, 9.17) is 13.9 Å². The summed E-state index contributed by atoms with van der Waals surface area (Å²) >= 11 is 0. The number of pyridine rings is 1. The summed E-state index contributed by atoms with van der Waals surface area (Å²) in [6, 6.07) is 12.3. The van der Waals surface area contributed by atoms with Crippen LogP contribution in [-0.2, 0) is 9.47 Å². The Balaban J connectivity index is 1.50.